The fourth-order valence-corrected chi connectivity index (χ4v) is 5.53. The van der Waals surface area contributed by atoms with Gasteiger partial charge >= 0.3 is 0 Å². The van der Waals surface area contributed by atoms with Gasteiger partial charge in [0.15, 0.2) is 11.6 Å². The van der Waals surface area contributed by atoms with Crippen molar-refractivity contribution in [2.75, 3.05) is 33.3 Å². The number of nitrogens with two attached hydrogens (primary N) is 1. The van der Waals surface area contributed by atoms with Gasteiger partial charge in [0, 0.05) is 42.3 Å². The normalized spacial score (nSPS) is 16.1. The topological polar surface area (TPSA) is 105 Å². The first kappa shape index (κ1) is 23.4. The minimum atomic E-state index is -0.410. The van der Waals surface area contributed by atoms with E-state index in [9.17, 15) is 14.0 Å². The lowest BCUT2D eigenvalue weighted by molar-refractivity contribution is -0.138. The molecule has 37 heavy (non-hydrogen) atoms. The van der Waals surface area contributed by atoms with Gasteiger partial charge < -0.3 is 20.4 Å². The molecule has 9 heteroatoms. The van der Waals surface area contributed by atoms with Crippen LogP contribution in [-0.2, 0) is 29.0 Å². The summed E-state index contributed by atoms with van der Waals surface area (Å²) in [5.74, 6) is -0.666. The maximum absolute atomic E-state index is 14.4. The van der Waals surface area contributed by atoms with Crippen molar-refractivity contribution >= 4 is 33.6 Å². The summed E-state index contributed by atoms with van der Waals surface area (Å²) < 4.78 is 19.5. The number of primary amides is 1. The quantitative estimate of drug-likeness (QED) is 0.423. The van der Waals surface area contributed by atoms with Crippen molar-refractivity contribution in [3.63, 3.8) is 0 Å². The van der Waals surface area contributed by atoms with E-state index in [1.54, 1.807) is 6.07 Å². The number of carbonyl (C=O) groups is 2. The predicted molar refractivity (Wildman–Crippen MR) is 138 cm³/mol. The van der Waals surface area contributed by atoms with E-state index >= 15 is 0 Å². The van der Waals surface area contributed by atoms with Gasteiger partial charge in [0.05, 0.1) is 43.0 Å². The maximum atomic E-state index is 14.4. The van der Waals surface area contributed by atoms with Crippen molar-refractivity contribution in [2.45, 2.75) is 19.4 Å². The molecule has 1 fully saturated rings. The maximum Gasteiger partial charge on any atom is 0.237 e. The largest absolute Gasteiger partial charge is 0.494 e. The molecule has 0 spiro atoms. The number of carbonyl (C=O) groups excluding carboxylic acids is 2. The van der Waals surface area contributed by atoms with E-state index in [1.165, 1.54) is 13.2 Å². The highest BCUT2D eigenvalue weighted by Crippen LogP contribution is 2.35. The Bertz CT molecular complexity index is 1540. The fraction of sp³-hybridized carbons (Fsp3) is 0.321. The van der Waals surface area contributed by atoms with Gasteiger partial charge in [0.1, 0.15) is 0 Å². The highest BCUT2D eigenvalue weighted by Gasteiger charge is 2.34. The van der Waals surface area contributed by atoms with Gasteiger partial charge in [-0.3, -0.25) is 19.5 Å². The number of fused-ring (bicyclic) bond motifs is 5. The molecule has 2 amide bonds. The van der Waals surface area contributed by atoms with Gasteiger partial charge in [-0.1, -0.05) is 24.3 Å². The summed E-state index contributed by atoms with van der Waals surface area (Å²) in [5.41, 5.74) is 11.0. The van der Waals surface area contributed by atoms with E-state index in [4.69, 9.17) is 15.5 Å². The Hall–Kier alpha value is -3.98. The van der Waals surface area contributed by atoms with Crippen molar-refractivity contribution in [1.82, 2.24) is 19.8 Å². The lowest BCUT2D eigenvalue weighted by Crippen LogP contribution is -2.55. The lowest BCUT2D eigenvalue weighted by Gasteiger charge is -2.38. The Morgan fingerprint density at radius 1 is 1.22 bits per heavy atom. The standard InChI is InChI=1S/C28H28FN5O3/c1-37-24-7-6-16(10-20(24)29)11-22-27-26(18-4-2-3-5-21(18)32-27)19-8-9-34(14-23(19)31-22)25(35)15-33-12-17(13-33)28(30)36/h2-7,10,17,32H,8-9,11-15H2,1H3,(H2,30,36). The molecule has 4 aromatic rings. The summed E-state index contributed by atoms with van der Waals surface area (Å²) in [4.78, 5) is 36.7. The molecule has 6 rings (SSSR count). The second-order valence-corrected chi connectivity index (χ2v) is 9.91. The summed E-state index contributed by atoms with van der Waals surface area (Å²) in [7, 11) is 1.45. The monoisotopic (exact) mass is 501 g/mol. The van der Waals surface area contributed by atoms with E-state index < -0.39 is 5.82 Å². The van der Waals surface area contributed by atoms with E-state index in [2.05, 4.69) is 11.1 Å². The number of nitrogens with zero attached hydrogens (tertiary/aromatic N) is 3. The molecule has 190 valence electrons. The van der Waals surface area contributed by atoms with Crippen LogP contribution in [0.1, 0.15) is 22.5 Å². The molecule has 3 N–H and O–H groups in total. The number of amides is 2. The summed E-state index contributed by atoms with van der Waals surface area (Å²) in [6.45, 7) is 2.36. The number of ether oxygens (including phenoxy) is 1. The Morgan fingerprint density at radius 2 is 2.03 bits per heavy atom. The van der Waals surface area contributed by atoms with Crippen LogP contribution in [0.2, 0.25) is 0 Å². The molecule has 4 heterocycles. The first-order chi connectivity index (χ1) is 17.9. The third-order valence-corrected chi connectivity index (χ3v) is 7.55. The molecule has 0 aliphatic carbocycles. The average Bonchev–Trinajstić information content (AvgIpc) is 3.26. The molecule has 0 saturated carbocycles. The number of para-hydroxylation sites is 1. The molecular formula is C28H28FN5O3. The highest BCUT2D eigenvalue weighted by atomic mass is 19.1. The number of pyridine rings is 1. The second-order valence-electron chi connectivity index (χ2n) is 9.91. The Morgan fingerprint density at radius 3 is 2.78 bits per heavy atom. The van der Waals surface area contributed by atoms with Crippen LogP contribution in [0.3, 0.4) is 0 Å². The van der Waals surface area contributed by atoms with Crippen molar-refractivity contribution in [3.8, 4) is 5.75 Å². The van der Waals surface area contributed by atoms with Gasteiger partial charge in [0.25, 0.3) is 0 Å². The number of aromatic nitrogens is 2. The van der Waals surface area contributed by atoms with Gasteiger partial charge in [-0.2, -0.15) is 0 Å². The molecule has 2 aliphatic heterocycles. The number of halogens is 1. The predicted octanol–water partition coefficient (Wildman–Crippen LogP) is 2.76. The van der Waals surface area contributed by atoms with Crippen LogP contribution in [0.25, 0.3) is 21.8 Å². The number of aromatic amines is 1. The number of rotatable bonds is 6. The lowest BCUT2D eigenvalue weighted by atomic mass is 9.96. The van der Waals surface area contributed by atoms with Crippen LogP contribution < -0.4 is 10.5 Å². The number of hydrogen-bond acceptors (Lipinski definition) is 5. The van der Waals surface area contributed by atoms with Crippen LogP contribution in [0, 0.1) is 11.7 Å². The summed E-state index contributed by atoms with van der Waals surface area (Å²) in [5, 5.41) is 2.25. The van der Waals surface area contributed by atoms with Crippen LogP contribution >= 0.6 is 0 Å². The van der Waals surface area contributed by atoms with Gasteiger partial charge in [0.2, 0.25) is 11.8 Å². The molecule has 0 bridgehead atoms. The molecule has 0 radical (unpaired) electrons. The van der Waals surface area contributed by atoms with E-state index in [0.717, 1.165) is 44.3 Å². The molecule has 2 aliphatic rings. The Kier molecular flexibility index (Phi) is 5.79. The average molecular weight is 502 g/mol. The van der Waals surface area contributed by atoms with Gasteiger partial charge in [-0.05, 0) is 35.7 Å². The SMILES string of the molecule is COc1ccc(Cc2nc3c(c4c2[nH]c2ccccc24)CCN(C(=O)CN2CC(C(N)=O)C2)C3)cc1F. The zero-order chi connectivity index (χ0) is 25.7. The van der Waals surface area contributed by atoms with Gasteiger partial charge in [-0.25, -0.2) is 4.39 Å². The molecule has 8 nitrogen and oxygen atoms in total. The first-order valence-electron chi connectivity index (χ1n) is 12.4. The van der Waals surface area contributed by atoms with Crippen molar-refractivity contribution < 1.29 is 18.7 Å². The minimum absolute atomic E-state index is 0.0215. The molecule has 2 aromatic heterocycles. The fourth-order valence-electron chi connectivity index (χ4n) is 5.53. The number of methoxy groups -OCH3 is 1. The molecule has 0 unspecified atom stereocenters. The van der Waals surface area contributed by atoms with E-state index in [0.29, 0.717) is 39.0 Å². The Balaban J connectivity index is 1.33. The van der Waals surface area contributed by atoms with Crippen LogP contribution in [0.15, 0.2) is 42.5 Å². The van der Waals surface area contributed by atoms with Crippen molar-refractivity contribution in [2.24, 2.45) is 11.7 Å². The van der Waals surface area contributed by atoms with Gasteiger partial charge in [-0.15, -0.1) is 0 Å². The third kappa shape index (κ3) is 4.19. The number of hydrogen-bond donors (Lipinski definition) is 2. The Labute approximate surface area is 213 Å². The van der Waals surface area contributed by atoms with Crippen molar-refractivity contribution in [1.29, 1.82) is 0 Å². The number of likely N-dealkylation sites (tertiary alicyclic amines) is 1. The summed E-state index contributed by atoms with van der Waals surface area (Å²) in [6, 6.07) is 13.1. The third-order valence-electron chi connectivity index (χ3n) is 7.55. The van der Waals surface area contributed by atoms with E-state index in [1.807, 2.05) is 34.1 Å². The molecular weight excluding hydrogens is 473 g/mol. The molecule has 2 aromatic carbocycles. The molecule has 1 saturated heterocycles. The first-order valence-corrected chi connectivity index (χ1v) is 12.4. The number of nitrogens with one attached hydrogen (secondary N) is 1. The summed E-state index contributed by atoms with van der Waals surface area (Å²) in [6.07, 6.45) is 1.14. The number of benzene rings is 2. The van der Waals surface area contributed by atoms with Crippen LogP contribution in [-0.4, -0.2) is 64.9 Å². The smallest absolute Gasteiger partial charge is 0.237 e. The van der Waals surface area contributed by atoms with Crippen LogP contribution in [0.5, 0.6) is 5.75 Å². The van der Waals surface area contributed by atoms with Crippen molar-refractivity contribution in [3.05, 3.63) is 70.8 Å². The molecule has 0 atom stereocenters. The zero-order valence-electron chi connectivity index (χ0n) is 20.6. The highest BCUT2D eigenvalue weighted by molar-refractivity contribution is 6.10. The minimum Gasteiger partial charge on any atom is -0.494 e. The summed E-state index contributed by atoms with van der Waals surface area (Å²) >= 11 is 0. The number of H-pyrrole nitrogens is 1. The van der Waals surface area contributed by atoms with Crippen LogP contribution in [0.4, 0.5) is 4.39 Å². The van der Waals surface area contributed by atoms with E-state index in [-0.39, 0.29) is 30.0 Å². The zero-order valence-corrected chi connectivity index (χ0v) is 20.6. The second kappa shape index (κ2) is 9.15.